The molecule has 0 saturated heterocycles. The molecule has 3 aromatic heterocycles. The number of tetrazole rings is 1. The smallest absolute Gasteiger partial charge is 0.275 e. The molecule has 1 N–H and O–H groups in total. The van der Waals surface area contributed by atoms with Crippen LogP contribution in [0, 0.1) is 17.8 Å². The van der Waals surface area contributed by atoms with Gasteiger partial charge in [-0.15, -0.1) is 10.2 Å². The van der Waals surface area contributed by atoms with Gasteiger partial charge in [-0.1, -0.05) is 11.6 Å². The van der Waals surface area contributed by atoms with Crippen LogP contribution in [0.2, 0.25) is 5.02 Å². The molecular formula is C19H19ClFN7O. The third kappa shape index (κ3) is 2.52. The van der Waals surface area contributed by atoms with Crippen molar-refractivity contribution in [2.75, 3.05) is 0 Å². The van der Waals surface area contributed by atoms with Gasteiger partial charge in [0.2, 0.25) is 5.95 Å². The molecule has 29 heavy (non-hydrogen) atoms. The molecule has 7 rings (SSSR count). The molecule has 0 spiro atoms. The fourth-order valence-electron chi connectivity index (χ4n) is 6.41. The lowest BCUT2D eigenvalue weighted by Crippen LogP contribution is -2.66. The molecule has 0 aromatic carbocycles. The van der Waals surface area contributed by atoms with Crippen molar-refractivity contribution < 1.29 is 9.18 Å². The largest absolute Gasteiger partial charge is 0.345 e. The number of aromatic nitrogens is 6. The normalized spacial score (nSPS) is 32.8. The zero-order valence-electron chi connectivity index (χ0n) is 15.6. The van der Waals surface area contributed by atoms with Gasteiger partial charge in [-0.2, -0.15) is 9.19 Å². The maximum atomic E-state index is 14.9. The number of pyridine rings is 1. The predicted octanol–water partition coefficient (Wildman–Crippen LogP) is 2.59. The number of nitrogens with zero attached hydrogens (tertiary/aromatic N) is 6. The minimum atomic E-state index is -0.697. The molecule has 4 aliphatic rings. The summed E-state index contributed by atoms with van der Waals surface area (Å²) in [4.78, 5) is 19.0. The molecule has 2 atom stereocenters. The van der Waals surface area contributed by atoms with Crippen molar-refractivity contribution >= 4 is 23.2 Å². The number of hydrogen-bond donors (Lipinski definition) is 1. The van der Waals surface area contributed by atoms with Gasteiger partial charge in [0.25, 0.3) is 5.91 Å². The van der Waals surface area contributed by atoms with Crippen LogP contribution < -0.4 is 5.32 Å². The second kappa shape index (κ2) is 5.75. The minimum absolute atomic E-state index is 0.198. The van der Waals surface area contributed by atoms with Crippen LogP contribution in [0.15, 0.2) is 24.7 Å². The standard InChI is InChI=1S/C19H19ClFN7O/c20-13-1-2-14-24-15(16(21)27(14)8-13)17(29)25-18-4-11-3-12(5-18)7-19(6-11,9-18)28-23-10-22-26-28/h1-2,8,10-12H,3-7,9H2,(H,25,29). The van der Waals surface area contributed by atoms with Gasteiger partial charge in [0.15, 0.2) is 12.0 Å². The highest BCUT2D eigenvalue weighted by Gasteiger charge is 2.60. The Kier molecular flexibility index (Phi) is 3.43. The van der Waals surface area contributed by atoms with E-state index in [0.717, 1.165) is 38.5 Å². The summed E-state index contributed by atoms with van der Waals surface area (Å²) >= 11 is 5.95. The van der Waals surface area contributed by atoms with Gasteiger partial charge >= 0.3 is 0 Å². The predicted molar refractivity (Wildman–Crippen MR) is 101 cm³/mol. The number of amides is 1. The molecule has 3 heterocycles. The molecule has 150 valence electrons. The lowest BCUT2D eigenvalue weighted by atomic mass is 9.50. The fourth-order valence-corrected chi connectivity index (χ4v) is 6.57. The van der Waals surface area contributed by atoms with E-state index in [9.17, 15) is 9.18 Å². The number of carbonyl (C=O) groups is 1. The lowest BCUT2D eigenvalue weighted by Gasteiger charge is -2.61. The monoisotopic (exact) mass is 415 g/mol. The van der Waals surface area contributed by atoms with Crippen molar-refractivity contribution in [3.63, 3.8) is 0 Å². The van der Waals surface area contributed by atoms with Gasteiger partial charge in [0.05, 0.1) is 10.6 Å². The summed E-state index contributed by atoms with van der Waals surface area (Å²) in [5.41, 5.74) is -0.463. The molecule has 2 unspecified atom stereocenters. The van der Waals surface area contributed by atoms with Gasteiger partial charge in [-0.3, -0.25) is 9.20 Å². The highest BCUT2D eigenvalue weighted by atomic mass is 35.5. The third-order valence-corrected chi connectivity index (χ3v) is 7.14. The van der Waals surface area contributed by atoms with Crippen LogP contribution in [0.3, 0.4) is 0 Å². The van der Waals surface area contributed by atoms with Crippen LogP contribution in [0.1, 0.15) is 49.0 Å². The third-order valence-electron chi connectivity index (χ3n) is 6.92. The first-order chi connectivity index (χ1) is 14.0. The second-order valence-corrected chi connectivity index (χ2v) is 9.41. The van der Waals surface area contributed by atoms with Gasteiger partial charge in [-0.05, 0) is 67.7 Å². The maximum Gasteiger partial charge on any atom is 0.275 e. The molecule has 4 fully saturated rings. The Morgan fingerprint density at radius 2 is 2.03 bits per heavy atom. The van der Waals surface area contributed by atoms with Gasteiger partial charge < -0.3 is 5.32 Å². The average Bonchev–Trinajstić information content (AvgIpc) is 3.30. The quantitative estimate of drug-likeness (QED) is 0.710. The number of halogens is 2. The molecule has 3 aromatic rings. The summed E-state index contributed by atoms with van der Waals surface area (Å²) in [5.74, 6) is -0.192. The zero-order valence-corrected chi connectivity index (χ0v) is 16.3. The molecule has 1 amide bonds. The summed E-state index contributed by atoms with van der Waals surface area (Å²) in [6.07, 6.45) is 8.56. The first-order valence-electron chi connectivity index (χ1n) is 9.84. The number of hydrogen-bond acceptors (Lipinski definition) is 5. The zero-order chi connectivity index (χ0) is 19.8. The summed E-state index contributed by atoms with van der Waals surface area (Å²) in [6, 6.07) is 3.22. The van der Waals surface area contributed by atoms with E-state index in [1.54, 1.807) is 16.9 Å². The van der Waals surface area contributed by atoms with Crippen LogP contribution in [0.5, 0.6) is 0 Å². The van der Waals surface area contributed by atoms with E-state index in [4.69, 9.17) is 11.6 Å². The summed E-state index contributed by atoms with van der Waals surface area (Å²) in [5, 5.41) is 15.9. The van der Waals surface area contributed by atoms with Crippen molar-refractivity contribution in [2.24, 2.45) is 11.8 Å². The number of rotatable bonds is 3. The Bertz CT molecular complexity index is 1110. The molecule has 4 bridgehead atoms. The number of imidazole rings is 1. The van der Waals surface area contributed by atoms with Gasteiger partial charge in [0, 0.05) is 11.7 Å². The van der Waals surface area contributed by atoms with Crippen molar-refractivity contribution in [1.82, 2.24) is 34.9 Å². The SMILES string of the molecule is O=C(NC12CC3CC(C1)CC(n1ncnn1)(C3)C2)c1nc2ccc(Cl)cn2c1F. The van der Waals surface area contributed by atoms with E-state index in [2.05, 4.69) is 25.7 Å². The van der Waals surface area contributed by atoms with Gasteiger partial charge in [-0.25, -0.2) is 4.98 Å². The van der Waals surface area contributed by atoms with E-state index in [1.165, 1.54) is 16.9 Å². The Morgan fingerprint density at radius 1 is 1.24 bits per heavy atom. The first kappa shape index (κ1) is 17.3. The summed E-state index contributed by atoms with van der Waals surface area (Å²) in [7, 11) is 0. The lowest BCUT2D eigenvalue weighted by molar-refractivity contribution is -0.0811. The Labute approximate surface area is 170 Å². The molecule has 8 nitrogen and oxygen atoms in total. The first-order valence-corrected chi connectivity index (χ1v) is 10.2. The highest BCUT2D eigenvalue weighted by Crippen LogP contribution is 2.60. The second-order valence-electron chi connectivity index (χ2n) is 8.97. The van der Waals surface area contributed by atoms with E-state index >= 15 is 0 Å². The van der Waals surface area contributed by atoms with Crippen molar-refractivity contribution in [3.8, 4) is 0 Å². The average molecular weight is 416 g/mol. The molecule has 10 heteroatoms. The topological polar surface area (TPSA) is 90.0 Å². The number of carbonyl (C=O) groups excluding carboxylic acids is 1. The molecule has 0 aliphatic heterocycles. The molecule has 4 saturated carbocycles. The Hall–Kier alpha value is -2.55. The van der Waals surface area contributed by atoms with Crippen LogP contribution in [0.4, 0.5) is 4.39 Å². The van der Waals surface area contributed by atoms with Crippen molar-refractivity contribution in [1.29, 1.82) is 0 Å². The minimum Gasteiger partial charge on any atom is -0.345 e. The molecular weight excluding hydrogens is 397 g/mol. The van der Waals surface area contributed by atoms with Crippen molar-refractivity contribution in [3.05, 3.63) is 41.3 Å². The van der Waals surface area contributed by atoms with E-state index in [0.29, 0.717) is 22.5 Å². The van der Waals surface area contributed by atoms with Crippen molar-refractivity contribution in [2.45, 2.75) is 49.6 Å². The molecule has 4 aliphatic carbocycles. The van der Waals surface area contributed by atoms with Crippen LogP contribution in [0.25, 0.3) is 5.65 Å². The van der Waals surface area contributed by atoms with E-state index in [-0.39, 0.29) is 11.2 Å². The molecule has 0 radical (unpaired) electrons. The highest BCUT2D eigenvalue weighted by molar-refractivity contribution is 6.30. The Balaban J connectivity index is 1.34. The van der Waals surface area contributed by atoms with E-state index in [1.807, 2.05) is 0 Å². The Morgan fingerprint density at radius 3 is 2.76 bits per heavy atom. The maximum absolute atomic E-state index is 14.9. The van der Waals surface area contributed by atoms with Gasteiger partial charge in [0.1, 0.15) is 5.65 Å². The van der Waals surface area contributed by atoms with Crippen LogP contribution >= 0.6 is 11.6 Å². The summed E-state index contributed by atoms with van der Waals surface area (Å²) < 4.78 is 16.1. The fraction of sp³-hybridized carbons (Fsp3) is 0.526. The van der Waals surface area contributed by atoms with Crippen LogP contribution in [-0.2, 0) is 5.54 Å². The number of fused-ring (bicyclic) bond motifs is 1. The van der Waals surface area contributed by atoms with E-state index < -0.39 is 17.4 Å². The summed E-state index contributed by atoms with van der Waals surface area (Å²) in [6.45, 7) is 0. The van der Waals surface area contributed by atoms with Crippen LogP contribution in [-0.4, -0.2) is 41.0 Å². The number of nitrogens with one attached hydrogen (secondary N) is 1.